The molecule has 0 saturated heterocycles. The molecule has 0 amide bonds. The van der Waals surface area contributed by atoms with Crippen molar-refractivity contribution in [2.75, 3.05) is 7.11 Å². The average molecular weight is 298 g/mol. The number of methoxy groups -OCH3 is 1. The first-order valence-corrected chi connectivity index (χ1v) is 9.98. The standard InChI is InChI=1S/C15H23FO3Si/c1-14(2,13(17)18-3)15(16,19-20(4,5)6)12-10-8-7-9-11-12/h7-11H,1-6H3. The van der Waals surface area contributed by atoms with Crippen LogP contribution in [-0.2, 0) is 19.8 Å². The number of alkyl halides is 1. The minimum atomic E-state index is -2.23. The number of benzene rings is 1. The van der Waals surface area contributed by atoms with Gasteiger partial charge in [0, 0.05) is 5.56 Å². The van der Waals surface area contributed by atoms with Gasteiger partial charge < -0.3 is 9.16 Å². The Kier molecular flexibility index (Phi) is 4.76. The number of rotatable bonds is 5. The number of hydrogen-bond acceptors (Lipinski definition) is 3. The van der Waals surface area contributed by atoms with Crippen LogP contribution in [0.15, 0.2) is 30.3 Å². The first kappa shape index (κ1) is 16.9. The van der Waals surface area contributed by atoms with Crippen molar-refractivity contribution < 1.29 is 18.3 Å². The highest BCUT2D eigenvalue weighted by Gasteiger charge is 2.56. The number of carbonyl (C=O) groups excluding carboxylic acids is 1. The minimum absolute atomic E-state index is 0.331. The summed E-state index contributed by atoms with van der Waals surface area (Å²) >= 11 is 0. The van der Waals surface area contributed by atoms with Crippen molar-refractivity contribution in [1.29, 1.82) is 0 Å². The fourth-order valence-electron chi connectivity index (χ4n) is 2.01. The van der Waals surface area contributed by atoms with Gasteiger partial charge in [0.25, 0.3) is 0 Å². The van der Waals surface area contributed by atoms with Crippen molar-refractivity contribution in [2.45, 2.75) is 39.3 Å². The van der Waals surface area contributed by atoms with Crippen LogP contribution in [0, 0.1) is 5.41 Å². The molecule has 0 aromatic heterocycles. The van der Waals surface area contributed by atoms with Crippen LogP contribution in [-0.4, -0.2) is 21.4 Å². The van der Waals surface area contributed by atoms with Gasteiger partial charge in [-0.25, -0.2) is 4.39 Å². The summed E-state index contributed by atoms with van der Waals surface area (Å²) in [6.07, 6.45) is 0. The lowest BCUT2D eigenvalue weighted by molar-refractivity contribution is -0.197. The third-order valence-electron chi connectivity index (χ3n) is 3.09. The first-order valence-electron chi connectivity index (χ1n) is 6.57. The van der Waals surface area contributed by atoms with Gasteiger partial charge in [-0.05, 0) is 33.5 Å². The van der Waals surface area contributed by atoms with Crippen LogP contribution in [0.4, 0.5) is 4.39 Å². The first-order chi connectivity index (χ1) is 9.04. The molecule has 0 fully saturated rings. The monoisotopic (exact) mass is 298 g/mol. The lowest BCUT2D eigenvalue weighted by atomic mass is 9.80. The molecule has 0 heterocycles. The number of halogens is 1. The third-order valence-corrected chi connectivity index (χ3v) is 3.99. The van der Waals surface area contributed by atoms with E-state index in [1.807, 2.05) is 19.6 Å². The van der Waals surface area contributed by atoms with Crippen LogP contribution in [0.25, 0.3) is 0 Å². The Balaban J connectivity index is 3.39. The van der Waals surface area contributed by atoms with Crippen LogP contribution in [0.1, 0.15) is 19.4 Å². The Morgan fingerprint density at radius 2 is 1.65 bits per heavy atom. The SMILES string of the molecule is COC(=O)C(C)(C)C(F)(O[Si](C)(C)C)c1ccccc1. The molecule has 0 N–H and O–H groups in total. The highest BCUT2D eigenvalue weighted by molar-refractivity contribution is 6.69. The van der Waals surface area contributed by atoms with Crippen molar-refractivity contribution in [3.8, 4) is 0 Å². The van der Waals surface area contributed by atoms with Gasteiger partial charge in [0.2, 0.25) is 5.85 Å². The van der Waals surface area contributed by atoms with E-state index in [1.165, 1.54) is 21.0 Å². The molecule has 1 aromatic rings. The van der Waals surface area contributed by atoms with E-state index in [2.05, 4.69) is 0 Å². The fraction of sp³-hybridized carbons (Fsp3) is 0.533. The van der Waals surface area contributed by atoms with E-state index in [4.69, 9.17) is 9.16 Å². The predicted octanol–water partition coefficient (Wildman–Crippen LogP) is 3.86. The Morgan fingerprint density at radius 1 is 1.15 bits per heavy atom. The van der Waals surface area contributed by atoms with E-state index < -0.39 is 25.6 Å². The lowest BCUT2D eigenvalue weighted by Gasteiger charge is -2.42. The molecule has 0 aliphatic carbocycles. The molecular formula is C15H23FO3Si. The molecule has 5 heteroatoms. The maximum absolute atomic E-state index is 15.7. The quantitative estimate of drug-likeness (QED) is 0.611. The number of hydrogen-bond donors (Lipinski definition) is 0. The molecule has 0 radical (unpaired) electrons. The van der Waals surface area contributed by atoms with Crippen molar-refractivity contribution in [3.05, 3.63) is 35.9 Å². The molecule has 0 aliphatic heterocycles. The fourth-order valence-corrected chi connectivity index (χ4v) is 3.23. The zero-order valence-corrected chi connectivity index (χ0v) is 14.0. The van der Waals surface area contributed by atoms with E-state index in [-0.39, 0.29) is 0 Å². The summed E-state index contributed by atoms with van der Waals surface area (Å²) in [6, 6.07) is 8.51. The normalized spacial score (nSPS) is 15.6. The predicted molar refractivity (Wildman–Crippen MR) is 79.5 cm³/mol. The second-order valence-electron chi connectivity index (χ2n) is 6.29. The van der Waals surface area contributed by atoms with Gasteiger partial charge in [0.15, 0.2) is 8.32 Å². The van der Waals surface area contributed by atoms with Gasteiger partial charge in [-0.2, -0.15) is 0 Å². The molecule has 3 nitrogen and oxygen atoms in total. The topological polar surface area (TPSA) is 35.5 Å². The molecule has 0 aliphatic rings. The van der Waals surface area contributed by atoms with Crippen LogP contribution in [0.3, 0.4) is 0 Å². The summed E-state index contributed by atoms with van der Waals surface area (Å²) in [7, 11) is -0.973. The Morgan fingerprint density at radius 3 is 2.05 bits per heavy atom. The molecule has 20 heavy (non-hydrogen) atoms. The van der Waals surface area contributed by atoms with Crippen molar-refractivity contribution >= 4 is 14.3 Å². The highest BCUT2D eigenvalue weighted by Crippen LogP contribution is 2.46. The largest absolute Gasteiger partial charge is 0.468 e. The second-order valence-corrected chi connectivity index (χ2v) is 10.7. The molecule has 0 saturated carbocycles. The summed E-state index contributed by atoms with van der Waals surface area (Å²) in [4.78, 5) is 12.0. The van der Waals surface area contributed by atoms with Crippen LogP contribution in [0.2, 0.25) is 19.6 Å². The van der Waals surface area contributed by atoms with E-state index in [0.29, 0.717) is 5.56 Å². The van der Waals surface area contributed by atoms with Gasteiger partial charge in [-0.3, -0.25) is 4.79 Å². The summed E-state index contributed by atoms with van der Waals surface area (Å²) in [5, 5.41) is 0. The lowest BCUT2D eigenvalue weighted by Crippen LogP contribution is -2.51. The van der Waals surface area contributed by atoms with Gasteiger partial charge in [-0.1, -0.05) is 30.3 Å². The summed E-state index contributed by atoms with van der Waals surface area (Å²) < 4.78 is 26.3. The molecule has 0 bridgehead atoms. The summed E-state index contributed by atoms with van der Waals surface area (Å²) in [5.41, 5.74) is -1.11. The zero-order chi connectivity index (χ0) is 15.6. The average Bonchev–Trinajstić information content (AvgIpc) is 2.36. The highest BCUT2D eigenvalue weighted by atomic mass is 28.4. The van der Waals surface area contributed by atoms with Crippen LogP contribution in [0.5, 0.6) is 0 Å². The third kappa shape index (κ3) is 3.27. The minimum Gasteiger partial charge on any atom is -0.468 e. The van der Waals surface area contributed by atoms with Gasteiger partial charge in [-0.15, -0.1) is 0 Å². The van der Waals surface area contributed by atoms with Gasteiger partial charge in [0.1, 0.15) is 5.41 Å². The van der Waals surface area contributed by atoms with Gasteiger partial charge in [0.05, 0.1) is 7.11 Å². The van der Waals surface area contributed by atoms with Crippen molar-refractivity contribution in [1.82, 2.24) is 0 Å². The van der Waals surface area contributed by atoms with Gasteiger partial charge >= 0.3 is 5.97 Å². The smallest absolute Gasteiger partial charge is 0.317 e. The van der Waals surface area contributed by atoms with Crippen LogP contribution >= 0.6 is 0 Å². The molecule has 1 unspecified atom stereocenters. The molecular weight excluding hydrogens is 275 g/mol. The van der Waals surface area contributed by atoms with E-state index in [1.54, 1.807) is 30.3 Å². The molecule has 1 atom stereocenters. The van der Waals surface area contributed by atoms with Crippen LogP contribution < -0.4 is 0 Å². The Hall–Kier alpha value is -1.20. The van der Waals surface area contributed by atoms with E-state index >= 15 is 4.39 Å². The Bertz CT molecular complexity index is 468. The molecule has 112 valence electrons. The second kappa shape index (κ2) is 5.66. The molecule has 0 spiro atoms. The summed E-state index contributed by atoms with van der Waals surface area (Å²) in [5.74, 6) is -2.85. The van der Waals surface area contributed by atoms with Crippen molar-refractivity contribution in [3.63, 3.8) is 0 Å². The molecule has 1 rings (SSSR count). The zero-order valence-electron chi connectivity index (χ0n) is 13.0. The van der Waals surface area contributed by atoms with E-state index in [0.717, 1.165) is 0 Å². The van der Waals surface area contributed by atoms with E-state index in [9.17, 15) is 4.79 Å². The summed E-state index contributed by atoms with van der Waals surface area (Å²) in [6.45, 7) is 8.67. The number of carbonyl (C=O) groups is 1. The maximum Gasteiger partial charge on any atom is 0.317 e. The molecule has 1 aromatic carbocycles. The maximum atomic E-state index is 15.7. The Labute approximate surface area is 121 Å². The number of esters is 1. The van der Waals surface area contributed by atoms with Crippen molar-refractivity contribution in [2.24, 2.45) is 5.41 Å². The number of ether oxygens (including phenoxy) is 1.